The highest BCUT2D eigenvalue weighted by Crippen LogP contribution is 2.05. The highest BCUT2D eigenvalue weighted by atomic mass is 32.2. The number of nitrogen functional groups attached to an aromatic ring is 1. The van der Waals surface area contributed by atoms with Crippen molar-refractivity contribution in [1.29, 1.82) is 0 Å². The molecule has 6 nitrogen and oxygen atoms in total. The summed E-state index contributed by atoms with van der Waals surface area (Å²) in [6.45, 7) is 2.49. The van der Waals surface area contributed by atoms with Gasteiger partial charge in [-0.15, -0.1) is 0 Å². The Labute approximate surface area is 95.3 Å². The van der Waals surface area contributed by atoms with E-state index in [1.165, 1.54) is 12.4 Å². The molecule has 1 aromatic rings. The van der Waals surface area contributed by atoms with Gasteiger partial charge in [-0.25, -0.2) is 23.1 Å². The molecule has 0 aliphatic rings. The smallest absolute Gasteiger partial charge is 0.243 e. The second-order valence-electron chi connectivity index (χ2n) is 3.38. The van der Waals surface area contributed by atoms with Crippen LogP contribution in [0, 0.1) is 0 Å². The lowest BCUT2D eigenvalue weighted by atomic mass is 10.3. The molecule has 0 atom stereocenters. The van der Waals surface area contributed by atoms with E-state index in [-0.39, 0.29) is 10.8 Å². The normalized spacial score (nSPS) is 11.6. The Morgan fingerprint density at radius 2 is 1.94 bits per heavy atom. The molecule has 3 N–H and O–H groups in total. The summed E-state index contributed by atoms with van der Waals surface area (Å²) in [5.74, 6) is 0.0601. The molecule has 0 aliphatic carbocycles. The molecular weight excluding hydrogens is 228 g/mol. The summed E-state index contributed by atoms with van der Waals surface area (Å²) in [6.07, 6.45) is 5.27. The number of rotatable bonds is 6. The van der Waals surface area contributed by atoms with Crippen molar-refractivity contribution in [2.75, 3.05) is 12.3 Å². The number of nitrogens with one attached hydrogen (secondary N) is 1. The molecule has 0 spiro atoms. The first-order valence-corrected chi connectivity index (χ1v) is 6.62. The first-order chi connectivity index (χ1) is 7.56. The Morgan fingerprint density at radius 1 is 1.31 bits per heavy atom. The third-order valence-corrected chi connectivity index (χ3v) is 3.45. The second-order valence-corrected chi connectivity index (χ2v) is 5.15. The fourth-order valence-electron chi connectivity index (χ4n) is 1.13. The Balaban J connectivity index is 2.60. The maximum Gasteiger partial charge on any atom is 0.243 e. The van der Waals surface area contributed by atoms with Crippen LogP contribution in [-0.4, -0.2) is 24.9 Å². The molecule has 1 aromatic heterocycles. The number of hydrogen-bond acceptors (Lipinski definition) is 5. The average Bonchev–Trinajstić information content (AvgIpc) is 2.25. The van der Waals surface area contributed by atoms with Crippen LogP contribution < -0.4 is 10.5 Å². The van der Waals surface area contributed by atoms with Crippen molar-refractivity contribution in [2.45, 2.75) is 31.1 Å². The molecule has 0 amide bonds. The monoisotopic (exact) mass is 244 g/mol. The van der Waals surface area contributed by atoms with Crippen LogP contribution in [-0.2, 0) is 10.0 Å². The Kier molecular flexibility index (Phi) is 4.63. The zero-order valence-corrected chi connectivity index (χ0v) is 10.00. The third kappa shape index (κ3) is 3.74. The second kappa shape index (κ2) is 5.76. The molecule has 0 unspecified atom stereocenters. The van der Waals surface area contributed by atoms with E-state index in [2.05, 4.69) is 21.6 Å². The molecule has 7 heteroatoms. The van der Waals surface area contributed by atoms with E-state index < -0.39 is 10.0 Å². The summed E-state index contributed by atoms with van der Waals surface area (Å²) in [6, 6.07) is 0. The predicted molar refractivity (Wildman–Crippen MR) is 61.2 cm³/mol. The molecule has 0 saturated carbocycles. The number of nitrogens with zero attached hydrogens (tertiary/aromatic N) is 2. The summed E-state index contributed by atoms with van der Waals surface area (Å²) < 4.78 is 25.8. The number of hydrogen-bond donors (Lipinski definition) is 2. The Hall–Kier alpha value is -1.21. The molecule has 90 valence electrons. The minimum atomic E-state index is -3.49. The SMILES string of the molecule is CCCCCNS(=O)(=O)c1cnc(N)nc1. The van der Waals surface area contributed by atoms with Crippen molar-refractivity contribution < 1.29 is 8.42 Å². The van der Waals surface area contributed by atoms with Gasteiger partial charge in [0.1, 0.15) is 4.90 Å². The molecule has 1 rings (SSSR count). The van der Waals surface area contributed by atoms with Crippen LogP contribution >= 0.6 is 0 Å². The van der Waals surface area contributed by atoms with Crippen LogP contribution in [0.4, 0.5) is 5.95 Å². The fourth-order valence-corrected chi connectivity index (χ4v) is 2.09. The van der Waals surface area contributed by atoms with Crippen LogP contribution in [0.3, 0.4) is 0 Å². The van der Waals surface area contributed by atoms with Gasteiger partial charge in [0.25, 0.3) is 0 Å². The topological polar surface area (TPSA) is 98.0 Å². The number of anilines is 1. The lowest BCUT2D eigenvalue weighted by Gasteiger charge is -2.05. The van der Waals surface area contributed by atoms with Crippen LogP contribution in [0.1, 0.15) is 26.2 Å². The number of unbranched alkanes of at least 4 members (excludes halogenated alkanes) is 2. The maximum atomic E-state index is 11.7. The lowest BCUT2D eigenvalue weighted by molar-refractivity contribution is 0.575. The van der Waals surface area contributed by atoms with Crippen LogP contribution in [0.15, 0.2) is 17.3 Å². The zero-order chi connectivity index (χ0) is 12.0. The van der Waals surface area contributed by atoms with Crippen molar-refractivity contribution in [3.8, 4) is 0 Å². The minimum Gasteiger partial charge on any atom is -0.368 e. The summed E-state index contributed by atoms with van der Waals surface area (Å²) >= 11 is 0. The van der Waals surface area contributed by atoms with Gasteiger partial charge in [0.15, 0.2) is 0 Å². The Bertz CT molecular complexity index is 416. The maximum absolute atomic E-state index is 11.7. The van der Waals surface area contributed by atoms with E-state index in [0.717, 1.165) is 19.3 Å². The van der Waals surface area contributed by atoms with Gasteiger partial charge in [-0.05, 0) is 6.42 Å². The largest absolute Gasteiger partial charge is 0.368 e. The predicted octanol–water partition coefficient (Wildman–Crippen LogP) is 0.527. The molecular formula is C9H16N4O2S. The van der Waals surface area contributed by atoms with Gasteiger partial charge in [-0.1, -0.05) is 19.8 Å². The van der Waals surface area contributed by atoms with Crippen molar-refractivity contribution in [2.24, 2.45) is 0 Å². The van der Waals surface area contributed by atoms with Gasteiger partial charge in [0, 0.05) is 6.54 Å². The third-order valence-electron chi connectivity index (χ3n) is 2.03. The van der Waals surface area contributed by atoms with Gasteiger partial charge >= 0.3 is 0 Å². The molecule has 1 heterocycles. The van der Waals surface area contributed by atoms with Crippen molar-refractivity contribution in [3.63, 3.8) is 0 Å². The quantitative estimate of drug-likeness (QED) is 0.711. The first-order valence-electron chi connectivity index (χ1n) is 5.13. The van der Waals surface area contributed by atoms with Crippen molar-refractivity contribution in [1.82, 2.24) is 14.7 Å². The summed E-state index contributed by atoms with van der Waals surface area (Å²) in [4.78, 5) is 7.31. The number of sulfonamides is 1. The van der Waals surface area contributed by atoms with E-state index in [1.807, 2.05) is 0 Å². The van der Waals surface area contributed by atoms with Crippen LogP contribution in [0.5, 0.6) is 0 Å². The van der Waals surface area contributed by atoms with Gasteiger partial charge < -0.3 is 5.73 Å². The zero-order valence-electron chi connectivity index (χ0n) is 9.18. The first kappa shape index (κ1) is 12.9. The highest BCUT2D eigenvalue weighted by Gasteiger charge is 2.13. The van der Waals surface area contributed by atoms with E-state index in [9.17, 15) is 8.42 Å². The molecule has 16 heavy (non-hydrogen) atoms. The van der Waals surface area contributed by atoms with Gasteiger partial charge in [-0.3, -0.25) is 0 Å². The van der Waals surface area contributed by atoms with Gasteiger partial charge in [0.05, 0.1) is 12.4 Å². The van der Waals surface area contributed by atoms with Gasteiger partial charge in [-0.2, -0.15) is 0 Å². The van der Waals surface area contributed by atoms with E-state index in [0.29, 0.717) is 6.54 Å². The van der Waals surface area contributed by atoms with Crippen LogP contribution in [0.2, 0.25) is 0 Å². The van der Waals surface area contributed by atoms with E-state index >= 15 is 0 Å². The fraction of sp³-hybridized carbons (Fsp3) is 0.556. The number of aromatic nitrogens is 2. The molecule has 0 aromatic carbocycles. The van der Waals surface area contributed by atoms with Crippen LogP contribution in [0.25, 0.3) is 0 Å². The molecule has 0 bridgehead atoms. The van der Waals surface area contributed by atoms with E-state index in [4.69, 9.17) is 5.73 Å². The van der Waals surface area contributed by atoms with E-state index in [1.54, 1.807) is 0 Å². The molecule has 0 radical (unpaired) electrons. The van der Waals surface area contributed by atoms with Gasteiger partial charge in [0.2, 0.25) is 16.0 Å². The van der Waals surface area contributed by atoms with Crippen molar-refractivity contribution >= 4 is 16.0 Å². The average molecular weight is 244 g/mol. The standard InChI is InChI=1S/C9H16N4O2S/c1-2-3-4-5-13-16(14,15)8-6-11-9(10)12-7-8/h6-7,13H,2-5H2,1H3,(H2,10,11,12). The lowest BCUT2D eigenvalue weighted by Crippen LogP contribution is -2.25. The summed E-state index contributed by atoms with van der Waals surface area (Å²) in [5, 5.41) is 0. The summed E-state index contributed by atoms with van der Waals surface area (Å²) in [5.41, 5.74) is 5.27. The number of nitrogens with two attached hydrogens (primary N) is 1. The molecule has 0 fully saturated rings. The molecule has 0 aliphatic heterocycles. The van der Waals surface area contributed by atoms with Crippen molar-refractivity contribution in [3.05, 3.63) is 12.4 Å². The minimum absolute atomic E-state index is 0.0400. The highest BCUT2D eigenvalue weighted by molar-refractivity contribution is 7.89. The molecule has 0 saturated heterocycles. The summed E-state index contributed by atoms with van der Waals surface area (Å²) in [7, 11) is -3.49. The Morgan fingerprint density at radius 3 is 2.50 bits per heavy atom.